The molecule has 1 aromatic carbocycles. The number of carbonyl (C=O) groups is 2. The topological polar surface area (TPSA) is 111 Å². The zero-order chi connectivity index (χ0) is 23.1. The molecule has 0 aliphatic carbocycles. The summed E-state index contributed by atoms with van der Waals surface area (Å²) in [4.78, 5) is 32.6. The van der Waals surface area contributed by atoms with E-state index in [1.54, 1.807) is 11.0 Å². The number of rotatable bonds is 8. The molecule has 9 nitrogen and oxygen atoms in total. The molecule has 1 fully saturated rings. The van der Waals surface area contributed by atoms with Gasteiger partial charge in [-0.25, -0.2) is 19.2 Å². The van der Waals surface area contributed by atoms with Crippen molar-refractivity contribution < 1.29 is 33.3 Å². The summed E-state index contributed by atoms with van der Waals surface area (Å²) >= 11 is 0. The van der Waals surface area contributed by atoms with Crippen LogP contribution in [0.4, 0.5) is 9.18 Å². The molecule has 32 heavy (non-hydrogen) atoms. The summed E-state index contributed by atoms with van der Waals surface area (Å²) in [7, 11) is 0. The number of piperidine rings is 1. The molecule has 0 spiro atoms. The zero-order valence-electron chi connectivity index (χ0n) is 18.0. The second-order valence-electron chi connectivity index (χ2n) is 7.71. The van der Waals surface area contributed by atoms with Crippen LogP contribution in [0.15, 0.2) is 30.6 Å². The Kier molecular flexibility index (Phi) is 7.80. The lowest BCUT2D eigenvalue weighted by molar-refractivity contribution is -0.136. The molecule has 0 atom stereocenters. The minimum absolute atomic E-state index is 0.000810. The van der Waals surface area contributed by atoms with Gasteiger partial charge in [-0.05, 0) is 31.5 Å². The van der Waals surface area contributed by atoms with Crippen LogP contribution in [0.2, 0.25) is 0 Å². The number of aliphatic carboxylic acids is 1. The first-order chi connectivity index (χ1) is 15.3. The average molecular weight is 447 g/mol. The minimum atomic E-state index is -1.03. The molecular formula is C22H26FN3O6. The SMILES string of the molecule is CC(C)OC(=O)N1CCC(Oc2cc(COc3ccc(CC(=O)O)cc3F)ncn2)CC1. The normalized spacial score (nSPS) is 14.3. The van der Waals surface area contributed by atoms with Gasteiger partial charge >= 0.3 is 12.1 Å². The van der Waals surface area contributed by atoms with Gasteiger partial charge in [-0.1, -0.05) is 6.07 Å². The zero-order valence-corrected chi connectivity index (χ0v) is 18.0. The molecule has 10 heteroatoms. The van der Waals surface area contributed by atoms with Crippen LogP contribution in [0.25, 0.3) is 0 Å². The molecule has 0 bridgehead atoms. The highest BCUT2D eigenvalue weighted by Crippen LogP contribution is 2.21. The van der Waals surface area contributed by atoms with Gasteiger partial charge in [0.1, 0.15) is 19.0 Å². The Morgan fingerprint density at radius 1 is 1.22 bits per heavy atom. The van der Waals surface area contributed by atoms with E-state index in [4.69, 9.17) is 19.3 Å². The van der Waals surface area contributed by atoms with Crippen molar-refractivity contribution in [3.8, 4) is 11.6 Å². The molecule has 2 heterocycles. The fraction of sp³-hybridized carbons (Fsp3) is 0.455. The smallest absolute Gasteiger partial charge is 0.410 e. The highest BCUT2D eigenvalue weighted by Gasteiger charge is 2.25. The Hall–Kier alpha value is -3.43. The van der Waals surface area contributed by atoms with E-state index in [0.717, 1.165) is 6.07 Å². The largest absolute Gasteiger partial charge is 0.484 e. The Bertz CT molecular complexity index is 947. The molecule has 0 radical (unpaired) electrons. The fourth-order valence-corrected chi connectivity index (χ4v) is 3.22. The number of benzene rings is 1. The Labute approximate surface area is 185 Å². The quantitative estimate of drug-likeness (QED) is 0.657. The predicted octanol–water partition coefficient (Wildman–Crippen LogP) is 3.21. The van der Waals surface area contributed by atoms with Crippen molar-refractivity contribution in [2.24, 2.45) is 0 Å². The van der Waals surface area contributed by atoms with Crippen LogP contribution in [0.5, 0.6) is 11.6 Å². The second-order valence-corrected chi connectivity index (χ2v) is 7.71. The maximum Gasteiger partial charge on any atom is 0.410 e. The van der Waals surface area contributed by atoms with Gasteiger partial charge in [0.15, 0.2) is 11.6 Å². The van der Waals surface area contributed by atoms with Crippen LogP contribution < -0.4 is 9.47 Å². The highest BCUT2D eigenvalue weighted by molar-refractivity contribution is 5.70. The number of carboxylic acids is 1. The average Bonchev–Trinajstić information content (AvgIpc) is 2.73. The van der Waals surface area contributed by atoms with E-state index in [-0.39, 0.29) is 37.1 Å². The van der Waals surface area contributed by atoms with E-state index in [2.05, 4.69) is 9.97 Å². The van der Waals surface area contributed by atoms with Crippen LogP contribution in [0.1, 0.15) is 37.9 Å². The minimum Gasteiger partial charge on any atom is -0.484 e. The van der Waals surface area contributed by atoms with Gasteiger partial charge in [0.2, 0.25) is 5.88 Å². The number of hydrogen-bond donors (Lipinski definition) is 1. The van der Waals surface area contributed by atoms with Gasteiger partial charge in [-0.2, -0.15) is 0 Å². The van der Waals surface area contributed by atoms with Gasteiger partial charge in [0.05, 0.1) is 18.2 Å². The predicted molar refractivity (Wildman–Crippen MR) is 111 cm³/mol. The first kappa shape index (κ1) is 23.2. The van der Waals surface area contributed by atoms with Crippen molar-refractivity contribution >= 4 is 12.1 Å². The second kappa shape index (κ2) is 10.7. The number of carbonyl (C=O) groups excluding carboxylic acids is 1. The van der Waals surface area contributed by atoms with Crippen molar-refractivity contribution in [3.05, 3.63) is 47.7 Å². The summed E-state index contributed by atoms with van der Waals surface area (Å²) in [5.41, 5.74) is 0.852. The van der Waals surface area contributed by atoms with E-state index >= 15 is 0 Å². The summed E-state index contributed by atoms with van der Waals surface area (Å²) in [6, 6.07) is 5.66. The van der Waals surface area contributed by atoms with Gasteiger partial charge in [-0.15, -0.1) is 0 Å². The van der Waals surface area contributed by atoms with Crippen molar-refractivity contribution in [2.45, 2.75) is 51.9 Å². The molecule has 1 amide bonds. The molecule has 1 aliphatic heterocycles. The van der Waals surface area contributed by atoms with Crippen LogP contribution in [0.3, 0.4) is 0 Å². The number of carboxylic acid groups (broad SMARTS) is 1. The van der Waals surface area contributed by atoms with E-state index in [9.17, 15) is 14.0 Å². The summed E-state index contributed by atoms with van der Waals surface area (Å²) in [6.45, 7) is 4.69. The maximum atomic E-state index is 14.1. The fourth-order valence-electron chi connectivity index (χ4n) is 3.22. The standard InChI is InChI=1S/C22H26FN3O6/c1-14(2)31-22(29)26-7-5-17(6-8-26)32-20-11-16(24-13-25-20)12-30-19-4-3-15(9-18(19)23)10-21(27)28/h3-4,9,11,13-14,17H,5-8,10,12H2,1-2H3,(H,27,28). The number of ether oxygens (including phenoxy) is 3. The molecule has 3 rings (SSSR count). The van der Waals surface area contributed by atoms with Crippen LogP contribution >= 0.6 is 0 Å². The maximum absolute atomic E-state index is 14.1. The third-order valence-electron chi connectivity index (χ3n) is 4.75. The molecule has 1 N–H and O–H groups in total. The molecule has 0 saturated carbocycles. The van der Waals surface area contributed by atoms with E-state index in [1.807, 2.05) is 13.8 Å². The molecule has 1 saturated heterocycles. The number of aromatic nitrogens is 2. The van der Waals surface area contributed by atoms with Crippen molar-refractivity contribution in [1.29, 1.82) is 0 Å². The molecule has 2 aromatic rings. The van der Waals surface area contributed by atoms with Gasteiger partial charge in [0, 0.05) is 32.0 Å². The third kappa shape index (κ3) is 6.79. The Morgan fingerprint density at radius 2 is 1.97 bits per heavy atom. The van der Waals surface area contributed by atoms with Crippen molar-refractivity contribution in [3.63, 3.8) is 0 Å². The van der Waals surface area contributed by atoms with Crippen LogP contribution in [-0.4, -0.2) is 57.3 Å². The van der Waals surface area contributed by atoms with Crippen LogP contribution in [-0.2, 0) is 22.6 Å². The molecule has 0 unspecified atom stereocenters. The van der Waals surface area contributed by atoms with Crippen molar-refractivity contribution in [2.75, 3.05) is 13.1 Å². The molecule has 1 aliphatic rings. The Balaban J connectivity index is 1.51. The lowest BCUT2D eigenvalue weighted by Gasteiger charge is -2.31. The van der Waals surface area contributed by atoms with Gasteiger partial charge in [0.25, 0.3) is 0 Å². The van der Waals surface area contributed by atoms with Gasteiger partial charge < -0.3 is 24.2 Å². The lowest BCUT2D eigenvalue weighted by Crippen LogP contribution is -2.42. The molecule has 1 aromatic heterocycles. The number of amides is 1. The summed E-state index contributed by atoms with van der Waals surface area (Å²) < 4.78 is 30.7. The van der Waals surface area contributed by atoms with E-state index in [1.165, 1.54) is 18.5 Å². The van der Waals surface area contributed by atoms with Crippen LogP contribution in [0, 0.1) is 5.82 Å². The van der Waals surface area contributed by atoms with E-state index in [0.29, 0.717) is 43.1 Å². The number of likely N-dealkylation sites (tertiary alicyclic amines) is 1. The monoisotopic (exact) mass is 447 g/mol. The third-order valence-corrected chi connectivity index (χ3v) is 4.75. The molecule has 172 valence electrons. The number of halogens is 1. The number of hydrogen-bond acceptors (Lipinski definition) is 7. The summed E-state index contributed by atoms with van der Waals surface area (Å²) in [5, 5.41) is 8.79. The first-order valence-corrected chi connectivity index (χ1v) is 10.4. The summed E-state index contributed by atoms with van der Waals surface area (Å²) in [6.07, 6.45) is 1.81. The molecular weight excluding hydrogens is 421 g/mol. The number of nitrogens with zero attached hydrogens (tertiary/aromatic N) is 3. The lowest BCUT2D eigenvalue weighted by atomic mass is 10.1. The van der Waals surface area contributed by atoms with Crippen molar-refractivity contribution in [1.82, 2.24) is 14.9 Å². The highest BCUT2D eigenvalue weighted by atomic mass is 19.1. The first-order valence-electron chi connectivity index (χ1n) is 10.4. The van der Waals surface area contributed by atoms with Gasteiger partial charge in [-0.3, -0.25) is 4.79 Å². The Morgan fingerprint density at radius 3 is 2.62 bits per heavy atom. The van der Waals surface area contributed by atoms with E-state index < -0.39 is 11.8 Å². The summed E-state index contributed by atoms with van der Waals surface area (Å²) in [5.74, 6) is -1.30.